The van der Waals surface area contributed by atoms with Crippen LogP contribution in [0.5, 0.6) is 0 Å². The van der Waals surface area contributed by atoms with Crippen molar-refractivity contribution >= 4 is 11.0 Å². The van der Waals surface area contributed by atoms with Crippen LogP contribution in [0, 0.1) is 11.6 Å². The second-order valence-electron chi connectivity index (χ2n) is 3.89. The van der Waals surface area contributed by atoms with Crippen molar-refractivity contribution in [2.45, 2.75) is 12.6 Å². The Kier molecular flexibility index (Phi) is 3.70. The fourth-order valence-electron chi connectivity index (χ4n) is 1.57. The van der Waals surface area contributed by atoms with E-state index in [9.17, 15) is 22.0 Å². The lowest BCUT2D eigenvalue weighted by molar-refractivity contribution is -0.173. The molecule has 1 aromatic carbocycles. The van der Waals surface area contributed by atoms with Crippen LogP contribution >= 0.6 is 0 Å². The molecule has 104 valence electrons. The van der Waals surface area contributed by atoms with E-state index in [0.717, 1.165) is 6.07 Å². The zero-order valence-corrected chi connectivity index (χ0v) is 9.52. The predicted octanol–water partition coefficient (Wildman–Crippen LogP) is 2.96. The number of benzene rings is 1. The van der Waals surface area contributed by atoms with Gasteiger partial charge in [-0.1, -0.05) is 0 Å². The molecule has 0 saturated carbocycles. The van der Waals surface area contributed by atoms with Gasteiger partial charge in [-0.05, 0) is 6.07 Å². The molecule has 2 rings (SSSR count). The zero-order chi connectivity index (χ0) is 14.0. The van der Waals surface area contributed by atoms with Crippen LogP contribution in [0.25, 0.3) is 11.0 Å². The summed E-state index contributed by atoms with van der Waals surface area (Å²) >= 11 is 0. The number of alkyl halides is 3. The first-order chi connectivity index (χ1) is 8.85. The summed E-state index contributed by atoms with van der Waals surface area (Å²) in [4.78, 5) is 6.45. The van der Waals surface area contributed by atoms with Gasteiger partial charge in [0.2, 0.25) is 0 Å². The molecule has 0 saturated heterocycles. The van der Waals surface area contributed by atoms with Crippen molar-refractivity contribution in [1.82, 2.24) is 9.97 Å². The minimum Gasteiger partial charge on any atom is -0.372 e. The molecule has 0 bridgehead atoms. The molecule has 8 heteroatoms. The van der Waals surface area contributed by atoms with Gasteiger partial charge in [0, 0.05) is 12.5 Å². The highest BCUT2D eigenvalue weighted by molar-refractivity contribution is 5.75. The van der Waals surface area contributed by atoms with E-state index < -0.39 is 24.4 Å². The molecule has 0 aliphatic heterocycles. The van der Waals surface area contributed by atoms with Crippen LogP contribution in [0.3, 0.4) is 0 Å². The summed E-state index contributed by atoms with van der Waals surface area (Å²) < 4.78 is 66.0. The van der Waals surface area contributed by atoms with Gasteiger partial charge in [0.15, 0.2) is 5.82 Å². The average molecular weight is 280 g/mol. The first kappa shape index (κ1) is 13.7. The van der Waals surface area contributed by atoms with E-state index in [2.05, 4.69) is 14.7 Å². The highest BCUT2D eigenvalue weighted by atomic mass is 19.4. The Morgan fingerprint density at radius 2 is 1.95 bits per heavy atom. The highest BCUT2D eigenvalue weighted by Crippen LogP contribution is 2.18. The summed E-state index contributed by atoms with van der Waals surface area (Å²) in [6, 6.07) is 1.75. The van der Waals surface area contributed by atoms with E-state index in [1.165, 1.54) is 0 Å². The molecule has 0 atom stereocenters. The number of H-pyrrole nitrogens is 1. The Labute approximate surface area is 104 Å². The topological polar surface area (TPSA) is 37.9 Å². The Balaban J connectivity index is 2.00. The van der Waals surface area contributed by atoms with Crippen molar-refractivity contribution in [3.63, 3.8) is 0 Å². The van der Waals surface area contributed by atoms with Gasteiger partial charge in [-0.3, -0.25) is 0 Å². The van der Waals surface area contributed by atoms with E-state index in [-0.39, 0.29) is 29.9 Å². The Morgan fingerprint density at radius 3 is 2.63 bits per heavy atom. The van der Waals surface area contributed by atoms with E-state index in [0.29, 0.717) is 6.07 Å². The number of imidazole rings is 1. The Morgan fingerprint density at radius 1 is 1.21 bits per heavy atom. The Bertz CT molecular complexity index is 578. The molecule has 0 spiro atoms. The van der Waals surface area contributed by atoms with Crippen molar-refractivity contribution in [2.75, 3.05) is 13.2 Å². The fraction of sp³-hybridized carbons (Fsp3) is 0.364. The number of nitrogens with one attached hydrogen (secondary N) is 1. The van der Waals surface area contributed by atoms with E-state index in [1.54, 1.807) is 0 Å². The van der Waals surface area contributed by atoms with Gasteiger partial charge in [-0.25, -0.2) is 13.8 Å². The van der Waals surface area contributed by atoms with Crippen molar-refractivity contribution in [2.24, 2.45) is 0 Å². The van der Waals surface area contributed by atoms with Crippen LogP contribution in [0.2, 0.25) is 0 Å². The molecular formula is C11H9F5N2O. The molecule has 1 N–H and O–H groups in total. The normalized spacial score (nSPS) is 12.3. The zero-order valence-electron chi connectivity index (χ0n) is 9.52. The smallest absolute Gasteiger partial charge is 0.372 e. The summed E-state index contributed by atoms with van der Waals surface area (Å²) in [5, 5.41) is 0. The first-order valence-corrected chi connectivity index (χ1v) is 5.33. The number of hydrogen-bond donors (Lipinski definition) is 1. The van der Waals surface area contributed by atoms with Crippen molar-refractivity contribution in [3.05, 3.63) is 29.6 Å². The lowest BCUT2D eigenvalue weighted by Gasteiger charge is -2.06. The van der Waals surface area contributed by atoms with Crippen molar-refractivity contribution < 1.29 is 26.7 Å². The minimum atomic E-state index is -4.39. The van der Waals surface area contributed by atoms with Gasteiger partial charge in [0.1, 0.15) is 23.8 Å². The van der Waals surface area contributed by atoms with E-state index in [4.69, 9.17) is 0 Å². The molecule has 1 aromatic heterocycles. The molecule has 0 aliphatic carbocycles. The van der Waals surface area contributed by atoms with Gasteiger partial charge in [0.25, 0.3) is 0 Å². The van der Waals surface area contributed by atoms with Crippen molar-refractivity contribution in [1.29, 1.82) is 0 Å². The second-order valence-corrected chi connectivity index (χ2v) is 3.89. The fourth-order valence-corrected chi connectivity index (χ4v) is 1.57. The lowest BCUT2D eigenvalue weighted by Crippen LogP contribution is -2.18. The SMILES string of the molecule is Fc1cc(F)c2nc(CCOCC(F)(F)F)[nH]c2c1. The summed E-state index contributed by atoms with van der Waals surface area (Å²) in [5.74, 6) is -1.34. The van der Waals surface area contributed by atoms with Crippen LogP contribution in [0.15, 0.2) is 12.1 Å². The molecule has 0 radical (unpaired) electrons. The van der Waals surface area contributed by atoms with Gasteiger partial charge < -0.3 is 9.72 Å². The van der Waals surface area contributed by atoms with Crippen molar-refractivity contribution in [3.8, 4) is 0 Å². The number of aromatic amines is 1. The second kappa shape index (κ2) is 5.12. The van der Waals surface area contributed by atoms with Gasteiger partial charge in [-0.2, -0.15) is 13.2 Å². The maximum Gasteiger partial charge on any atom is 0.411 e. The Hall–Kier alpha value is -1.70. The van der Waals surface area contributed by atoms with Crippen LogP contribution < -0.4 is 0 Å². The molecule has 1 heterocycles. The third-order valence-corrected chi connectivity index (χ3v) is 2.30. The molecular weight excluding hydrogens is 271 g/mol. The average Bonchev–Trinajstić information content (AvgIpc) is 2.66. The number of fused-ring (bicyclic) bond motifs is 1. The molecule has 0 amide bonds. The van der Waals surface area contributed by atoms with Gasteiger partial charge in [-0.15, -0.1) is 0 Å². The summed E-state index contributed by atoms with van der Waals surface area (Å²) in [7, 11) is 0. The standard InChI is InChI=1S/C11H9F5N2O/c12-6-3-7(13)10-8(4-6)17-9(18-10)1-2-19-5-11(14,15)16/h3-4H,1-2,5H2,(H,17,18). The van der Waals surface area contributed by atoms with Crippen LogP contribution in [-0.4, -0.2) is 29.4 Å². The number of nitrogens with zero attached hydrogens (tertiary/aromatic N) is 1. The van der Waals surface area contributed by atoms with Crippen LogP contribution in [0.1, 0.15) is 5.82 Å². The molecule has 19 heavy (non-hydrogen) atoms. The summed E-state index contributed by atoms with van der Waals surface area (Å²) in [6.07, 6.45) is -4.34. The van der Waals surface area contributed by atoms with Crippen LogP contribution in [-0.2, 0) is 11.2 Å². The number of rotatable bonds is 4. The minimum absolute atomic E-state index is 0.0474. The molecule has 2 aromatic rings. The maximum atomic E-state index is 13.3. The number of halogens is 5. The first-order valence-electron chi connectivity index (χ1n) is 5.33. The molecule has 0 aliphatic rings. The molecule has 0 unspecified atom stereocenters. The number of hydrogen-bond acceptors (Lipinski definition) is 2. The summed E-state index contributed by atoms with van der Waals surface area (Å²) in [6.45, 7) is -1.57. The van der Waals surface area contributed by atoms with Gasteiger partial charge in [0.05, 0.1) is 12.1 Å². The largest absolute Gasteiger partial charge is 0.411 e. The third-order valence-electron chi connectivity index (χ3n) is 2.30. The number of aromatic nitrogens is 2. The third kappa shape index (κ3) is 3.63. The predicted molar refractivity (Wildman–Crippen MR) is 56.6 cm³/mol. The van der Waals surface area contributed by atoms with E-state index in [1.807, 2.05) is 0 Å². The summed E-state index contributed by atoms with van der Waals surface area (Å²) in [5.41, 5.74) is 0.107. The molecule has 0 fully saturated rings. The van der Waals surface area contributed by atoms with Crippen LogP contribution in [0.4, 0.5) is 22.0 Å². The lowest BCUT2D eigenvalue weighted by atomic mass is 10.3. The number of ether oxygens (including phenoxy) is 1. The monoisotopic (exact) mass is 280 g/mol. The van der Waals surface area contributed by atoms with Gasteiger partial charge >= 0.3 is 6.18 Å². The maximum absolute atomic E-state index is 13.3. The van der Waals surface area contributed by atoms with E-state index >= 15 is 0 Å². The molecule has 3 nitrogen and oxygen atoms in total. The highest BCUT2D eigenvalue weighted by Gasteiger charge is 2.27. The quantitative estimate of drug-likeness (QED) is 0.690.